The summed E-state index contributed by atoms with van der Waals surface area (Å²) in [4.78, 5) is 13.6. The standard InChI is InChI=1S/C19H17F2NO2/c1-2-9-22-13-19(24-12-18(22)23,14-5-3-7-16(20)10-14)15-6-4-8-17(21)11-15/h2-8,10-11H,1,9,12-13H2. The summed E-state index contributed by atoms with van der Waals surface area (Å²) in [6.45, 7) is 3.99. The van der Waals surface area contributed by atoms with Crippen molar-refractivity contribution in [3.05, 3.63) is 83.9 Å². The van der Waals surface area contributed by atoms with Gasteiger partial charge in [-0.25, -0.2) is 8.78 Å². The number of carbonyl (C=O) groups is 1. The Kier molecular flexibility index (Phi) is 4.44. The summed E-state index contributed by atoms with van der Waals surface area (Å²) in [5.41, 5.74) is -0.0504. The number of hydrogen-bond donors (Lipinski definition) is 0. The average Bonchev–Trinajstić information content (AvgIpc) is 2.57. The minimum absolute atomic E-state index is 0.157. The molecule has 0 radical (unpaired) electrons. The van der Waals surface area contributed by atoms with Crippen LogP contribution >= 0.6 is 0 Å². The molecule has 1 fully saturated rings. The number of rotatable bonds is 4. The van der Waals surface area contributed by atoms with Gasteiger partial charge in [0.1, 0.15) is 23.8 Å². The van der Waals surface area contributed by atoms with Gasteiger partial charge in [-0.15, -0.1) is 6.58 Å². The molecule has 124 valence electrons. The maximum absolute atomic E-state index is 13.8. The van der Waals surface area contributed by atoms with Crippen LogP contribution in [0.1, 0.15) is 11.1 Å². The minimum atomic E-state index is -1.12. The molecular formula is C19H17F2NO2. The summed E-state index contributed by atoms with van der Waals surface area (Å²) in [5.74, 6) is -1.02. The third-order valence-electron chi connectivity index (χ3n) is 4.14. The van der Waals surface area contributed by atoms with Gasteiger partial charge in [-0.05, 0) is 35.4 Å². The highest BCUT2D eigenvalue weighted by molar-refractivity contribution is 5.79. The van der Waals surface area contributed by atoms with Crippen LogP contribution in [-0.2, 0) is 15.1 Å². The molecule has 0 saturated carbocycles. The Morgan fingerprint density at radius 3 is 2.21 bits per heavy atom. The monoisotopic (exact) mass is 329 g/mol. The van der Waals surface area contributed by atoms with E-state index in [0.29, 0.717) is 17.7 Å². The van der Waals surface area contributed by atoms with E-state index in [1.807, 2.05) is 0 Å². The van der Waals surface area contributed by atoms with Crippen LogP contribution in [0, 0.1) is 11.6 Å². The fourth-order valence-electron chi connectivity index (χ4n) is 3.00. The van der Waals surface area contributed by atoms with Crippen LogP contribution in [0.4, 0.5) is 8.78 Å². The van der Waals surface area contributed by atoms with E-state index < -0.39 is 17.2 Å². The van der Waals surface area contributed by atoms with Crippen molar-refractivity contribution in [2.45, 2.75) is 5.60 Å². The zero-order chi connectivity index (χ0) is 17.2. The zero-order valence-corrected chi connectivity index (χ0v) is 13.0. The van der Waals surface area contributed by atoms with E-state index in [1.54, 1.807) is 35.2 Å². The van der Waals surface area contributed by atoms with Gasteiger partial charge in [-0.1, -0.05) is 30.3 Å². The highest BCUT2D eigenvalue weighted by atomic mass is 19.1. The van der Waals surface area contributed by atoms with Crippen LogP contribution in [0.25, 0.3) is 0 Å². The Labute approximate surface area is 139 Å². The van der Waals surface area contributed by atoms with Gasteiger partial charge in [0.15, 0.2) is 0 Å². The van der Waals surface area contributed by atoms with E-state index in [-0.39, 0.29) is 19.1 Å². The lowest BCUT2D eigenvalue weighted by Crippen LogP contribution is -2.53. The number of benzene rings is 2. The van der Waals surface area contributed by atoms with Gasteiger partial charge in [-0.3, -0.25) is 4.79 Å². The summed E-state index contributed by atoms with van der Waals surface area (Å²) in [7, 11) is 0. The second-order valence-corrected chi connectivity index (χ2v) is 5.70. The largest absolute Gasteiger partial charge is 0.354 e. The molecule has 2 aromatic carbocycles. The summed E-state index contributed by atoms with van der Waals surface area (Å²) in [5, 5.41) is 0. The zero-order valence-electron chi connectivity index (χ0n) is 13.0. The minimum Gasteiger partial charge on any atom is -0.354 e. The van der Waals surface area contributed by atoms with E-state index in [4.69, 9.17) is 4.74 Å². The van der Waals surface area contributed by atoms with Crippen LogP contribution in [-0.4, -0.2) is 30.5 Å². The van der Waals surface area contributed by atoms with E-state index in [2.05, 4.69) is 6.58 Å². The van der Waals surface area contributed by atoms with Crippen molar-refractivity contribution < 1.29 is 18.3 Å². The van der Waals surface area contributed by atoms with Crippen molar-refractivity contribution in [3.63, 3.8) is 0 Å². The maximum atomic E-state index is 13.8. The lowest BCUT2D eigenvalue weighted by Gasteiger charge is -2.43. The molecule has 3 nitrogen and oxygen atoms in total. The van der Waals surface area contributed by atoms with Crippen molar-refractivity contribution in [1.29, 1.82) is 0 Å². The smallest absolute Gasteiger partial charge is 0.249 e. The third-order valence-corrected chi connectivity index (χ3v) is 4.14. The Morgan fingerprint density at radius 1 is 1.12 bits per heavy atom. The lowest BCUT2D eigenvalue weighted by molar-refractivity contribution is -0.158. The molecule has 0 unspecified atom stereocenters. The molecule has 1 heterocycles. The average molecular weight is 329 g/mol. The van der Waals surface area contributed by atoms with Crippen molar-refractivity contribution in [2.75, 3.05) is 19.7 Å². The Morgan fingerprint density at radius 2 is 1.71 bits per heavy atom. The third kappa shape index (κ3) is 2.95. The predicted octanol–water partition coefficient (Wildman–Crippen LogP) is 3.25. The van der Waals surface area contributed by atoms with Crippen LogP contribution in [0.5, 0.6) is 0 Å². The van der Waals surface area contributed by atoms with Gasteiger partial charge < -0.3 is 9.64 Å². The molecule has 0 aliphatic carbocycles. The first-order chi connectivity index (χ1) is 11.5. The fraction of sp³-hybridized carbons (Fsp3) is 0.211. The van der Waals surface area contributed by atoms with E-state index >= 15 is 0 Å². The molecule has 1 aliphatic heterocycles. The SMILES string of the molecule is C=CCN1CC(c2cccc(F)c2)(c2cccc(F)c2)OCC1=O. The van der Waals surface area contributed by atoms with Crippen molar-refractivity contribution in [2.24, 2.45) is 0 Å². The highest BCUT2D eigenvalue weighted by Gasteiger charge is 2.43. The van der Waals surface area contributed by atoms with Gasteiger partial charge >= 0.3 is 0 Å². The molecule has 0 atom stereocenters. The van der Waals surface area contributed by atoms with E-state index in [1.165, 1.54) is 24.3 Å². The van der Waals surface area contributed by atoms with Crippen LogP contribution in [0.2, 0.25) is 0 Å². The van der Waals surface area contributed by atoms with Crippen LogP contribution < -0.4 is 0 Å². The Balaban J connectivity index is 2.14. The number of nitrogens with zero attached hydrogens (tertiary/aromatic N) is 1. The van der Waals surface area contributed by atoms with Gasteiger partial charge in [0, 0.05) is 6.54 Å². The molecular weight excluding hydrogens is 312 g/mol. The second kappa shape index (κ2) is 6.53. The first-order valence-corrected chi connectivity index (χ1v) is 7.60. The normalized spacial score (nSPS) is 16.9. The van der Waals surface area contributed by atoms with Gasteiger partial charge in [0.25, 0.3) is 0 Å². The summed E-state index contributed by atoms with van der Waals surface area (Å²) >= 11 is 0. The van der Waals surface area contributed by atoms with Crippen molar-refractivity contribution in [1.82, 2.24) is 4.90 Å². The molecule has 24 heavy (non-hydrogen) atoms. The molecule has 0 spiro atoms. The maximum Gasteiger partial charge on any atom is 0.249 e. The summed E-state index contributed by atoms with van der Waals surface area (Å²) < 4.78 is 33.4. The van der Waals surface area contributed by atoms with Crippen molar-refractivity contribution in [3.8, 4) is 0 Å². The number of morpholine rings is 1. The first-order valence-electron chi connectivity index (χ1n) is 7.60. The number of halogens is 2. The van der Waals surface area contributed by atoms with E-state index in [9.17, 15) is 13.6 Å². The number of hydrogen-bond acceptors (Lipinski definition) is 2. The lowest BCUT2D eigenvalue weighted by atomic mass is 9.84. The van der Waals surface area contributed by atoms with Crippen molar-refractivity contribution >= 4 is 5.91 Å². The predicted molar refractivity (Wildman–Crippen MR) is 86.3 cm³/mol. The summed E-state index contributed by atoms with van der Waals surface area (Å²) in [6, 6.07) is 12.0. The highest BCUT2D eigenvalue weighted by Crippen LogP contribution is 2.37. The molecule has 5 heteroatoms. The molecule has 0 N–H and O–H groups in total. The first kappa shape index (κ1) is 16.3. The van der Waals surface area contributed by atoms with Gasteiger partial charge in [-0.2, -0.15) is 0 Å². The van der Waals surface area contributed by atoms with E-state index in [0.717, 1.165) is 0 Å². The number of ether oxygens (including phenoxy) is 1. The van der Waals surface area contributed by atoms with Gasteiger partial charge in [0.2, 0.25) is 5.91 Å². The molecule has 0 aromatic heterocycles. The van der Waals surface area contributed by atoms with Gasteiger partial charge in [0.05, 0.1) is 6.54 Å². The Hall–Kier alpha value is -2.53. The van der Waals surface area contributed by atoms with Crippen LogP contribution in [0.3, 0.4) is 0 Å². The Bertz CT molecular complexity index is 730. The van der Waals surface area contributed by atoms with Crippen LogP contribution in [0.15, 0.2) is 61.2 Å². The molecule has 1 saturated heterocycles. The molecule has 2 aromatic rings. The number of carbonyl (C=O) groups excluding carboxylic acids is 1. The topological polar surface area (TPSA) is 29.5 Å². The quantitative estimate of drug-likeness (QED) is 0.806. The molecule has 3 rings (SSSR count). The molecule has 1 amide bonds. The molecule has 1 aliphatic rings. The summed E-state index contributed by atoms with van der Waals surface area (Å²) in [6.07, 6.45) is 1.62. The number of amides is 1. The fourth-order valence-corrected chi connectivity index (χ4v) is 3.00. The second-order valence-electron chi connectivity index (χ2n) is 5.70. The molecule has 0 bridgehead atoms.